The molecule has 0 aliphatic carbocycles. The smallest absolute Gasteiger partial charge is 0.356 e. The zero-order valence-corrected chi connectivity index (χ0v) is 10.5. The van der Waals surface area contributed by atoms with E-state index in [1.165, 1.54) is 13.4 Å². The van der Waals surface area contributed by atoms with Crippen LogP contribution in [-0.4, -0.2) is 41.4 Å². The number of nitrogens with one attached hydrogen (secondary N) is 1. The Morgan fingerprint density at radius 1 is 1.47 bits per heavy atom. The molecule has 1 N–H and O–H groups in total. The van der Waals surface area contributed by atoms with Gasteiger partial charge < -0.3 is 10.1 Å². The lowest BCUT2D eigenvalue weighted by Crippen LogP contribution is -2.29. The van der Waals surface area contributed by atoms with Crippen molar-refractivity contribution in [3.8, 4) is 0 Å². The van der Waals surface area contributed by atoms with Gasteiger partial charge in [-0.25, -0.2) is 14.8 Å². The van der Waals surface area contributed by atoms with Gasteiger partial charge >= 0.3 is 5.97 Å². The molecule has 1 aromatic rings. The number of thioether (sulfide) groups is 1. The van der Waals surface area contributed by atoms with Gasteiger partial charge in [0.05, 0.1) is 7.11 Å². The Morgan fingerprint density at radius 3 is 2.94 bits per heavy atom. The largest absolute Gasteiger partial charge is 0.464 e. The lowest BCUT2D eigenvalue weighted by atomic mass is 10.2. The van der Waals surface area contributed by atoms with E-state index in [9.17, 15) is 4.79 Å². The Kier molecular flexibility index (Phi) is 4.33. The topological polar surface area (TPSA) is 64.1 Å². The van der Waals surface area contributed by atoms with E-state index in [1.54, 1.807) is 17.8 Å². The van der Waals surface area contributed by atoms with E-state index >= 15 is 0 Å². The number of rotatable bonds is 3. The lowest BCUT2D eigenvalue weighted by Gasteiger charge is -2.21. The first-order chi connectivity index (χ1) is 8.29. The van der Waals surface area contributed by atoms with Gasteiger partial charge in [0, 0.05) is 11.3 Å². The maximum atomic E-state index is 11.3. The number of hydrogen-bond donors (Lipinski definition) is 1. The number of hydrogen-bond acceptors (Lipinski definition) is 6. The molecular weight excluding hydrogens is 238 g/mol. The van der Waals surface area contributed by atoms with Gasteiger partial charge in [0.15, 0.2) is 5.69 Å². The van der Waals surface area contributed by atoms with Crippen LogP contribution in [0.4, 0.5) is 0 Å². The Labute approximate surface area is 104 Å². The summed E-state index contributed by atoms with van der Waals surface area (Å²) in [4.78, 5) is 19.4. The Morgan fingerprint density at radius 2 is 2.24 bits per heavy atom. The molecule has 0 spiro atoms. The van der Waals surface area contributed by atoms with Crippen molar-refractivity contribution in [2.45, 2.75) is 23.1 Å². The van der Waals surface area contributed by atoms with E-state index in [1.807, 2.05) is 0 Å². The van der Waals surface area contributed by atoms with Crippen LogP contribution in [0.5, 0.6) is 0 Å². The monoisotopic (exact) mass is 253 g/mol. The summed E-state index contributed by atoms with van der Waals surface area (Å²) in [6.07, 6.45) is 3.67. The fraction of sp³-hybridized carbons (Fsp3) is 0.545. The van der Waals surface area contributed by atoms with E-state index in [4.69, 9.17) is 0 Å². The van der Waals surface area contributed by atoms with Crippen LogP contribution in [0.3, 0.4) is 0 Å². The molecule has 2 rings (SSSR count). The molecule has 0 atom stereocenters. The summed E-state index contributed by atoms with van der Waals surface area (Å²) in [6.45, 7) is 2.10. The highest BCUT2D eigenvalue weighted by atomic mass is 32.2. The summed E-state index contributed by atoms with van der Waals surface area (Å²) in [5.41, 5.74) is 0.318. The highest BCUT2D eigenvalue weighted by Gasteiger charge is 2.16. The minimum atomic E-state index is -0.417. The zero-order valence-electron chi connectivity index (χ0n) is 9.68. The number of nitrogens with zero attached hydrogens (tertiary/aromatic N) is 2. The predicted octanol–water partition coefficient (Wildman–Crippen LogP) is 1.11. The second-order valence-corrected chi connectivity index (χ2v) is 5.12. The second-order valence-electron chi connectivity index (χ2n) is 3.80. The normalized spacial score (nSPS) is 16.8. The molecule has 2 heterocycles. The standard InChI is InChI=1S/C11H15N3O2S/c1-16-11(15)9-6-10(14-7-13-9)17-8-2-4-12-5-3-8/h6-8,12H,2-5H2,1H3. The van der Waals surface area contributed by atoms with Crippen molar-refractivity contribution in [2.24, 2.45) is 0 Å². The fourth-order valence-corrected chi connectivity index (χ4v) is 2.80. The molecular formula is C11H15N3O2S. The third kappa shape index (κ3) is 3.41. The highest BCUT2D eigenvalue weighted by molar-refractivity contribution is 7.99. The zero-order chi connectivity index (χ0) is 12.1. The average Bonchev–Trinajstić information content (AvgIpc) is 2.39. The number of piperidine rings is 1. The van der Waals surface area contributed by atoms with E-state index < -0.39 is 5.97 Å². The summed E-state index contributed by atoms with van der Waals surface area (Å²) in [6, 6.07) is 1.69. The maximum absolute atomic E-state index is 11.3. The molecule has 0 radical (unpaired) electrons. The van der Waals surface area contributed by atoms with Crippen molar-refractivity contribution in [3.05, 3.63) is 18.1 Å². The van der Waals surface area contributed by atoms with E-state index in [0.717, 1.165) is 31.0 Å². The van der Waals surface area contributed by atoms with Crippen molar-refractivity contribution in [2.75, 3.05) is 20.2 Å². The van der Waals surface area contributed by atoms with Gasteiger partial charge in [0.1, 0.15) is 11.4 Å². The van der Waals surface area contributed by atoms with Gasteiger partial charge in [0.25, 0.3) is 0 Å². The first-order valence-electron chi connectivity index (χ1n) is 5.57. The number of methoxy groups -OCH3 is 1. The van der Waals surface area contributed by atoms with Gasteiger partial charge in [-0.2, -0.15) is 0 Å². The molecule has 5 nitrogen and oxygen atoms in total. The molecule has 1 aromatic heterocycles. The number of carbonyl (C=O) groups excluding carboxylic acids is 1. The Balaban J connectivity index is 2.02. The number of carbonyl (C=O) groups is 1. The second kappa shape index (κ2) is 5.97. The molecule has 0 amide bonds. The van der Waals surface area contributed by atoms with Gasteiger partial charge in [-0.3, -0.25) is 0 Å². The average molecular weight is 253 g/mol. The molecule has 0 unspecified atom stereocenters. The third-order valence-corrected chi connectivity index (χ3v) is 3.88. The molecule has 1 aliphatic heterocycles. The molecule has 0 aromatic carbocycles. The van der Waals surface area contributed by atoms with Crippen molar-refractivity contribution >= 4 is 17.7 Å². The minimum absolute atomic E-state index is 0.318. The molecule has 1 aliphatic rings. The number of ether oxygens (including phenoxy) is 1. The Hall–Kier alpha value is -1.14. The quantitative estimate of drug-likeness (QED) is 0.643. The maximum Gasteiger partial charge on any atom is 0.356 e. The van der Waals surface area contributed by atoms with Crippen LogP contribution in [-0.2, 0) is 4.74 Å². The first kappa shape index (κ1) is 12.3. The van der Waals surface area contributed by atoms with Crippen molar-refractivity contribution in [3.63, 3.8) is 0 Å². The van der Waals surface area contributed by atoms with Gasteiger partial charge in [-0.1, -0.05) is 0 Å². The van der Waals surface area contributed by atoms with Crippen LogP contribution in [0.1, 0.15) is 23.3 Å². The summed E-state index contributed by atoms with van der Waals surface area (Å²) < 4.78 is 4.63. The molecule has 6 heteroatoms. The first-order valence-corrected chi connectivity index (χ1v) is 6.45. The third-order valence-electron chi connectivity index (χ3n) is 2.61. The SMILES string of the molecule is COC(=O)c1cc(SC2CCNCC2)ncn1. The number of aromatic nitrogens is 2. The summed E-state index contributed by atoms with van der Waals surface area (Å²) in [5.74, 6) is -0.417. The van der Waals surface area contributed by atoms with Crippen molar-refractivity contribution in [1.29, 1.82) is 0 Å². The molecule has 1 saturated heterocycles. The predicted molar refractivity (Wildman–Crippen MR) is 65.1 cm³/mol. The van der Waals surface area contributed by atoms with Crippen LogP contribution in [0.2, 0.25) is 0 Å². The molecule has 0 bridgehead atoms. The fourth-order valence-electron chi connectivity index (χ4n) is 1.70. The van der Waals surface area contributed by atoms with Crippen LogP contribution >= 0.6 is 11.8 Å². The van der Waals surface area contributed by atoms with E-state index in [2.05, 4.69) is 20.0 Å². The van der Waals surface area contributed by atoms with Gasteiger partial charge in [0.2, 0.25) is 0 Å². The van der Waals surface area contributed by atoms with E-state index in [-0.39, 0.29) is 0 Å². The summed E-state index contributed by atoms with van der Waals surface area (Å²) >= 11 is 1.71. The Bertz CT molecular complexity index is 394. The lowest BCUT2D eigenvalue weighted by molar-refractivity contribution is 0.0593. The number of esters is 1. The molecule has 1 fully saturated rings. The van der Waals surface area contributed by atoms with E-state index in [0.29, 0.717) is 10.9 Å². The van der Waals surface area contributed by atoms with Crippen LogP contribution in [0.15, 0.2) is 17.4 Å². The molecule has 92 valence electrons. The van der Waals surface area contributed by atoms with Crippen LogP contribution < -0.4 is 5.32 Å². The van der Waals surface area contributed by atoms with Gasteiger partial charge in [-0.15, -0.1) is 11.8 Å². The minimum Gasteiger partial charge on any atom is -0.464 e. The van der Waals surface area contributed by atoms with Crippen LogP contribution in [0, 0.1) is 0 Å². The highest BCUT2D eigenvalue weighted by Crippen LogP contribution is 2.27. The summed E-state index contributed by atoms with van der Waals surface area (Å²) in [7, 11) is 1.35. The molecule has 17 heavy (non-hydrogen) atoms. The van der Waals surface area contributed by atoms with Gasteiger partial charge in [-0.05, 0) is 25.9 Å². The molecule has 0 saturated carbocycles. The van der Waals surface area contributed by atoms with Crippen molar-refractivity contribution < 1.29 is 9.53 Å². The van der Waals surface area contributed by atoms with Crippen LogP contribution in [0.25, 0.3) is 0 Å². The summed E-state index contributed by atoms with van der Waals surface area (Å²) in [5, 5.41) is 4.73. The van der Waals surface area contributed by atoms with Crippen molar-refractivity contribution in [1.82, 2.24) is 15.3 Å².